The molecule has 0 bridgehead atoms. The Morgan fingerprint density at radius 2 is 1.90 bits per heavy atom. The molecule has 1 aromatic heterocycles. The number of alkyl halides is 3. The number of nitrogens with zero attached hydrogens (tertiary/aromatic N) is 2. The molecule has 2 aliphatic rings. The molecule has 0 amide bonds. The Morgan fingerprint density at radius 1 is 1.15 bits per heavy atom. The van der Waals surface area contributed by atoms with E-state index in [0.717, 1.165) is 48.0 Å². The van der Waals surface area contributed by atoms with Crippen LogP contribution in [-0.4, -0.2) is 78.2 Å². The van der Waals surface area contributed by atoms with Crippen molar-refractivity contribution < 1.29 is 37.3 Å². The lowest BCUT2D eigenvalue weighted by atomic mass is 9.80. The normalized spacial score (nSPS) is 23.6. The number of carbonyl (C=O) groups excluding carboxylic acids is 1. The van der Waals surface area contributed by atoms with E-state index in [1.54, 1.807) is 7.11 Å². The van der Waals surface area contributed by atoms with Crippen molar-refractivity contribution in [3.63, 3.8) is 0 Å². The molecule has 1 saturated heterocycles. The number of pyridine rings is 1. The number of ether oxygens (including phenoxy) is 3. The maximum atomic E-state index is 12.9. The van der Waals surface area contributed by atoms with Crippen molar-refractivity contribution in [3.8, 4) is 11.5 Å². The van der Waals surface area contributed by atoms with Gasteiger partial charge in [0.15, 0.2) is 11.5 Å². The molecule has 0 spiro atoms. The van der Waals surface area contributed by atoms with Crippen molar-refractivity contribution >= 4 is 33.5 Å². The smallest absolute Gasteiger partial charge is 0.490 e. The fourth-order valence-electron chi connectivity index (χ4n) is 5.77. The summed E-state index contributed by atoms with van der Waals surface area (Å²) in [4.78, 5) is 18.9. The molecule has 2 fully saturated rings. The van der Waals surface area contributed by atoms with Gasteiger partial charge in [0.05, 0.1) is 36.0 Å². The molecule has 222 valence electrons. The van der Waals surface area contributed by atoms with E-state index >= 15 is 0 Å². The van der Waals surface area contributed by atoms with Crippen molar-refractivity contribution in [2.45, 2.75) is 69.4 Å². The van der Waals surface area contributed by atoms with E-state index in [1.165, 1.54) is 19.8 Å². The Balaban J connectivity index is 1.41. The van der Waals surface area contributed by atoms with Gasteiger partial charge in [0.25, 0.3) is 0 Å². The van der Waals surface area contributed by atoms with Gasteiger partial charge in [-0.3, -0.25) is 0 Å². The Bertz CT molecular complexity index is 1390. The van der Waals surface area contributed by atoms with Crippen LogP contribution in [0.2, 0.25) is 0 Å². The molecule has 1 aliphatic heterocycles. The third-order valence-electron chi connectivity index (χ3n) is 8.06. The van der Waals surface area contributed by atoms with Crippen LogP contribution in [0.15, 0.2) is 36.4 Å². The molecule has 3 atom stereocenters. The van der Waals surface area contributed by atoms with E-state index in [0.29, 0.717) is 30.0 Å². The van der Waals surface area contributed by atoms with Gasteiger partial charge in [0, 0.05) is 35.8 Å². The summed E-state index contributed by atoms with van der Waals surface area (Å²) in [5, 5.41) is 15.8. The lowest BCUT2D eigenvalue weighted by Gasteiger charge is -2.40. The SMILES string of the molecule is COc1cc2c(N[C@H]3CC[C@](C)(O)[C@@H](OC(=O)C(F)(F)F)C3)c3ccccc3nc2cc1OCCCN1CCCC1. The third kappa shape index (κ3) is 6.62. The standard InChI is InChI=1S/C30H36F3N3O5/c1-29(38)11-10-19(16-26(29)41-28(37)30(31,32)33)34-27-20-8-3-4-9-22(20)35-23-18-25(24(39-2)17-21(23)27)40-15-7-14-36-12-5-6-13-36/h3-4,8-9,17-19,26,38H,5-7,10-16H2,1-2H3,(H,34,35)/t19-,26-,29-/m0/s1. The Morgan fingerprint density at radius 3 is 2.63 bits per heavy atom. The number of rotatable bonds is 9. The number of likely N-dealkylation sites (tertiary alicyclic amines) is 1. The Kier molecular flexibility index (Phi) is 8.47. The number of esters is 1. The quantitative estimate of drug-likeness (QED) is 0.198. The highest BCUT2D eigenvalue weighted by Gasteiger charge is 2.47. The molecule has 41 heavy (non-hydrogen) atoms. The minimum atomic E-state index is -5.14. The first-order chi connectivity index (χ1) is 19.5. The second kappa shape index (κ2) is 11.9. The Labute approximate surface area is 236 Å². The van der Waals surface area contributed by atoms with Crippen LogP contribution in [-0.2, 0) is 9.53 Å². The average molecular weight is 576 g/mol. The number of hydrogen-bond donors (Lipinski definition) is 2. The van der Waals surface area contributed by atoms with E-state index in [4.69, 9.17) is 19.2 Å². The van der Waals surface area contributed by atoms with Gasteiger partial charge in [-0.05, 0) is 64.3 Å². The molecule has 5 rings (SSSR count). The van der Waals surface area contributed by atoms with Gasteiger partial charge in [-0.15, -0.1) is 0 Å². The fraction of sp³-hybridized carbons (Fsp3) is 0.533. The van der Waals surface area contributed by atoms with Gasteiger partial charge in [0.2, 0.25) is 0 Å². The van der Waals surface area contributed by atoms with Gasteiger partial charge in [0.1, 0.15) is 6.10 Å². The summed E-state index contributed by atoms with van der Waals surface area (Å²) < 4.78 is 55.3. The zero-order valence-electron chi connectivity index (χ0n) is 23.3. The molecule has 2 aromatic carbocycles. The fourth-order valence-corrected chi connectivity index (χ4v) is 5.77. The maximum Gasteiger partial charge on any atom is 0.490 e. The number of carbonyl (C=O) groups is 1. The van der Waals surface area contributed by atoms with Gasteiger partial charge in [-0.25, -0.2) is 9.78 Å². The summed E-state index contributed by atoms with van der Waals surface area (Å²) in [6, 6.07) is 10.9. The van der Waals surface area contributed by atoms with Crippen molar-refractivity contribution in [2.24, 2.45) is 0 Å². The number of para-hydroxylation sites is 1. The van der Waals surface area contributed by atoms with E-state index in [9.17, 15) is 23.1 Å². The van der Waals surface area contributed by atoms with Crippen LogP contribution in [0, 0.1) is 0 Å². The van der Waals surface area contributed by atoms with Crippen LogP contribution in [0.4, 0.5) is 18.9 Å². The summed E-state index contributed by atoms with van der Waals surface area (Å²) in [7, 11) is 1.57. The topological polar surface area (TPSA) is 93.1 Å². The predicted octanol–water partition coefficient (Wildman–Crippen LogP) is 5.45. The zero-order valence-corrected chi connectivity index (χ0v) is 23.3. The highest BCUT2D eigenvalue weighted by Crippen LogP contribution is 2.40. The monoisotopic (exact) mass is 575 g/mol. The molecule has 2 heterocycles. The first-order valence-electron chi connectivity index (χ1n) is 14.1. The number of hydrogen-bond acceptors (Lipinski definition) is 8. The first-order valence-corrected chi connectivity index (χ1v) is 14.1. The molecular formula is C30H36F3N3O5. The lowest BCUT2D eigenvalue weighted by Crippen LogP contribution is -2.51. The van der Waals surface area contributed by atoms with Crippen molar-refractivity contribution in [2.75, 3.05) is 38.7 Å². The summed E-state index contributed by atoms with van der Waals surface area (Å²) in [5.74, 6) is -1.17. The first kappa shape index (κ1) is 29.2. The number of benzene rings is 2. The van der Waals surface area contributed by atoms with Crippen LogP contribution in [0.1, 0.15) is 45.4 Å². The van der Waals surface area contributed by atoms with Crippen molar-refractivity contribution in [1.82, 2.24) is 9.88 Å². The molecular weight excluding hydrogens is 539 g/mol. The van der Waals surface area contributed by atoms with Crippen molar-refractivity contribution in [1.29, 1.82) is 0 Å². The second-order valence-corrected chi connectivity index (χ2v) is 11.1. The van der Waals surface area contributed by atoms with Crippen molar-refractivity contribution in [3.05, 3.63) is 36.4 Å². The number of fused-ring (bicyclic) bond motifs is 2. The van der Waals surface area contributed by atoms with Crippen LogP contribution >= 0.6 is 0 Å². The molecule has 0 radical (unpaired) electrons. The number of nitrogens with one attached hydrogen (secondary N) is 1. The molecule has 11 heteroatoms. The molecule has 2 N–H and O–H groups in total. The number of anilines is 1. The number of halogens is 3. The largest absolute Gasteiger partial charge is 0.493 e. The summed E-state index contributed by atoms with van der Waals surface area (Å²) in [6.45, 7) is 5.19. The van der Waals surface area contributed by atoms with E-state index in [2.05, 4.69) is 10.2 Å². The van der Waals surface area contributed by atoms with E-state index in [-0.39, 0.29) is 18.9 Å². The molecule has 0 unspecified atom stereocenters. The minimum absolute atomic E-state index is 0.00229. The molecule has 8 nitrogen and oxygen atoms in total. The predicted molar refractivity (Wildman–Crippen MR) is 149 cm³/mol. The van der Waals surface area contributed by atoms with Gasteiger partial charge in [-0.1, -0.05) is 18.2 Å². The molecule has 1 saturated carbocycles. The van der Waals surface area contributed by atoms with E-state index < -0.39 is 23.9 Å². The van der Waals surface area contributed by atoms with Crippen LogP contribution < -0.4 is 14.8 Å². The number of aromatic nitrogens is 1. The third-order valence-corrected chi connectivity index (χ3v) is 8.06. The van der Waals surface area contributed by atoms with Gasteiger partial charge >= 0.3 is 12.1 Å². The van der Waals surface area contributed by atoms with Crippen LogP contribution in [0.5, 0.6) is 11.5 Å². The maximum absolute atomic E-state index is 12.9. The highest BCUT2D eigenvalue weighted by atomic mass is 19.4. The zero-order chi connectivity index (χ0) is 29.2. The van der Waals surface area contributed by atoms with Gasteiger partial charge < -0.3 is 29.5 Å². The highest BCUT2D eigenvalue weighted by molar-refractivity contribution is 6.08. The lowest BCUT2D eigenvalue weighted by molar-refractivity contribution is -0.217. The van der Waals surface area contributed by atoms with Gasteiger partial charge in [-0.2, -0.15) is 13.2 Å². The molecule has 1 aliphatic carbocycles. The number of methoxy groups -OCH3 is 1. The average Bonchev–Trinajstić information content (AvgIpc) is 3.45. The molecule has 3 aromatic rings. The Hall–Kier alpha value is -3.31. The van der Waals surface area contributed by atoms with Crippen LogP contribution in [0.25, 0.3) is 21.8 Å². The minimum Gasteiger partial charge on any atom is -0.493 e. The summed E-state index contributed by atoms with van der Waals surface area (Å²) in [6.07, 6.45) is -2.46. The summed E-state index contributed by atoms with van der Waals surface area (Å²) in [5.41, 5.74) is 0.558. The second-order valence-electron chi connectivity index (χ2n) is 11.1. The van der Waals surface area contributed by atoms with E-state index in [1.807, 2.05) is 36.4 Å². The summed E-state index contributed by atoms with van der Waals surface area (Å²) >= 11 is 0. The number of aliphatic hydroxyl groups is 1. The van der Waals surface area contributed by atoms with Crippen LogP contribution in [0.3, 0.4) is 0 Å².